The van der Waals surface area contributed by atoms with Crippen molar-refractivity contribution >= 4 is 11.6 Å². The molecule has 1 heterocycles. The van der Waals surface area contributed by atoms with Crippen molar-refractivity contribution in [1.82, 2.24) is 4.90 Å². The van der Waals surface area contributed by atoms with Crippen LogP contribution in [0.2, 0.25) is 0 Å². The second-order valence-corrected chi connectivity index (χ2v) is 2.97. The van der Waals surface area contributed by atoms with Crippen molar-refractivity contribution in [3.63, 3.8) is 0 Å². The molecular formula is C6H9ClF3N. The average Bonchev–Trinajstić information content (AvgIpc) is 2.37. The first kappa shape index (κ1) is 9.13. The van der Waals surface area contributed by atoms with Gasteiger partial charge in [0.2, 0.25) is 0 Å². The number of rotatable bonds is 2. The number of hydrogen-bond donors (Lipinski definition) is 0. The summed E-state index contributed by atoms with van der Waals surface area (Å²) in [6, 6.07) is -3.49. The summed E-state index contributed by atoms with van der Waals surface area (Å²) in [5.41, 5.74) is -2.60. The van der Waals surface area contributed by atoms with Crippen molar-refractivity contribution in [1.29, 1.82) is 0 Å². The molecule has 1 aliphatic rings. The Labute approximate surface area is 68.1 Å². The van der Waals surface area contributed by atoms with Gasteiger partial charge in [-0.3, -0.25) is 0 Å². The SMILES string of the molecule is FC(Cl)C(F)(F)N1CCCC1. The number of alkyl halides is 4. The van der Waals surface area contributed by atoms with E-state index >= 15 is 0 Å². The Morgan fingerprint density at radius 2 is 1.73 bits per heavy atom. The molecule has 1 rings (SSSR count). The van der Waals surface area contributed by atoms with E-state index in [-0.39, 0.29) is 13.1 Å². The molecule has 1 atom stereocenters. The minimum absolute atomic E-state index is 0.236. The lowest BCUT2D eigenvalue weighted by molar-refractivity contribution is -0.161. The highest BCUT2D eigenvalue weighted by Crippen LogP contribution is 2.31. The van der Waals surface area contributed by atoms with E-state index in [0.29, 0.717) is 12.8 Å². The van der Waals surface area contributed by atoms with Crippen LogP contribution in [0, 0.1) is 0 Å². The lowest BCUT2D eigenvalue weighted by Crippen LogP contribution is -2.44. The topological polar surface area (TPSA) is 3.24 Å². The number of halogens is 4. The number of likely N-dealkylation sites (tertiary alicyclic amines) is 1. The third kappa shape index (κ3) is 1.79. The van der Waals surface area contributed by atoms with Gasteiger partial charge >= 0.3 is 6.05 Å². The second-order valence-electron chi connectivity index (χ2n) is 2.58. The normalized spacial score (nSPS) is 24.0. The molecule has 0 spiro atoms. The van der Waals surface area contributed by atoms with Gasteiger partial charge in [0.25, 0.3) is 5.63 Å². The third-order valence-corrected chi connectivity index (χ3v) is 2.05. The van der Waals surface area contributed by atoms with Gasteiger partial charge in [0, 0.05) is 13.1 Å². The standard InChI is InChI=1S/C6H9ClF3N/c7-5(8)6(9,10)11-3-1-2-4-11/h5H,1-4H2. The van der Waals surface area contributed by atoms with Crippen molar-refractivity contribution in [3.8, 4) is 0 Å². The fourth-order valence-electron chi connectivity index (χ4n) is 1.15. The van der Waals surface area contributed by atoms with Gasteiger partial charge in [-0.2, -0.15) is 8.78 Å². The van der Waals surface area contributed by atoms with Crippen LogP contribution in [0.15, 0.2) is 0 Å². The Hall–Kier alpha value is 0.0400. The molecule has 0 radical (unpaired) electrons. The zero-order valence-corrected chi connectivity index (χ0v) is 6.62. The van der Waals surface area contributed by atoms with Gasteiger partial charge in [0.05, 0.1) is 0 Å². The van der Waals surface area contributed by atoms with Crippen molar-refractivity contribution in [2.45, 2.75) is 24.5 Å². The van der Waals surface area contributed by atoms with E-state index in [0.717, 1.165) is 4.90 Å². The van der Waals surface area contributed by atoms with Crippen LogP contribution in [0.1, 0.15) is 12.8 Å². The molecule has 0 aliphatic carbocycles. The van der Waals surface area contributed by atoms with Gasteiger partial charge in [-0.1, -0.05) is 11.6 Å². The maximum absolute atomic E-state index is 12.7. The van der Waals surface area contributed by atoms with Crippen molar-refractivity contribution in [2.24, 2.45) is 0 Å². The molecule has 1 aliphatic heterocycles. The van der Waals surface area contributed by atoms with Crippen LogP contribution in [0.5, 0.6) is 0 Å². The Morgan fingerprint density at radius 1 is 1.27 bits per heavy atom. The minimum Gasteiger partial charge on any atom is -0.241 e. The third-order valence-electron chi connectivity index (χ3n) is 1.79. The Bertz CT molecular complexity index is 134. The number of nitrogens with zero attached hydrogens (tertiary/aromatic N) is 1. The van der Waals surface area contributed by atoms with Crippen molar-refractivity contribution in [3.05, 3.63) is 0 Å². The zero-order valence-electron chi connectivity index (χ0n) is 5.86. The van der Waals surface area contributed by atoms with E-state index in [1.807, 2.05) is 0 Å². The maximum Gasteiger partial charge on any atom is 0.349 e. The molecular weight excluding hydrogens is 179 g/mol. The first-order valence-electron chi connectivity index (χ1n) is 3.46. The predicted molar refractivity (Wildman–Crippen MR) is 36.5 cm³/mol. The maximum atomic E-state index is 12.7. The fourth-order valence-corrected chi connectivity index (χ4v) is 1.29. The molecule has 1 fully saturated rings. The Kier molecular flexibility index (Phi) is 2.65. The molecule has 0 aromatic heterocycles. The molecule has 1 nitrogen and oxygen atoms in total. The zero-order chi connectivity index (χ0) is 8.48. The first-order chi connectivity index (χ1) is 5.05. The van der Waals surface area contributed by atoms with E-state index in [2.05, 4.69) is 0 Å². The molecule has 0 bridgehead atoms. The largest absolute Gasteiger partial charge is 0.349 e. The summed E-state index contributed by atoms with van der Waals surface area (Å²) in [6.07, 6.45) is 1.39. The smallest absolute Gasteiger partial charge is 0.241 e. The van der Waals surface area contributed by atoms with E-state index in [4.69, 9.17) is 11.6 Å². The van der Waals surface area contributed by atoms with E-state index < -0.39 is 11.7 Å². The van der Waals surface area contributed by atoms with Crippen LogP contribution in [-0.2, 0) is 0 Å². The second kappa shape index (κ2) is 3.19. The molecule has 1 unspecified atom stereocenters. The van der Waals surface area contributed by atoms with Gasteiger partial charge in [0.15, 0.2) is 0 Å². The van der Waals surface area contributed by atoms with Crippen LogP contribution >= 0.6 is 11.6 Å². The van der Waals surface area contributed by atoms with Crippen molar-refractivity contribution < 1.29 is 13.2 Å². The van der Waals surface area contributed by atoms with Gasteiger partial charge in [-0.05, 0) is 12.8 Å². The predicted octanol–water partition coefficient (Wildman–Crippen LogP) is 2.21. The molecule has 1 saturated heterocycles. The quantitative estimate of drug-likeness (QED) is 0.473. The molecule has 66 valence electrons. The van der Waals surface area contributed by atoms with Crippen LogP contribution in [0.3, 0.4) is 0 Å². The highest BCUT2D eigenvalue weighted by molar-refractivity contribution is 6.20. The van der Waals surface area contributed by atoms with Crippen LogP contribution < -0.4 is 0 Å². The van der Waals surface area contributed by atoms with Crippen LogP contribution in [0.4, 0.5) is 13.2 Å². The number of hydrogen-bond acceptors (Lipinski definition) is 1. The van der Waals surface area contributed by atoms with Gasteiger partial charge < -0.3 is 0 Å². The van der Waals surface area contributed by atoms with E-state index in [9.17, 15) is 13.2 Å². The highest BCUT2D eigenvalue weighted by atomic mass is 35.5. The molecule has 0 saturated carbocycles. The average molecular weight is 188 g/mol. The molecule has 0 aromatic carbocycles. The van der Waals surface area contributed by atoms with Gasteiger partial charge in [-0.15, -0.1) is 0 Å². The first-order valence-corrected chi connectivity index (χ1v) is 3.90. The fraction of sp³-hybridized carbons (Fsp3) is 1.00. The van der Waals surface area contributed by atoms with Crippen molar-refractivity contribution in [2.75, 3.05) is 13.1 Å². The van der Waals surface area contributed by atoms with E-state index in [1.54, 1.807) is 0 Å². The molecule has 0 aromatic rings. The molecule has 5 heteroatoms. The minimum atomic E-state index is -3.49. The summed E-state index contributed by atoms with van der Waals surface area (Å²) in [5.74, 6) is 0. The molecule has 0 amide bonds. The Morgan fingerprint density at radius 3 is 2.09 bits per heavy atom. The summed E-state index contributed by atoms with van der Waals surface area (Å²) in [6.45, 7) is 0.473. The van der Waals surface area contributed by atoms with Crippen LogP contribution in [0.25, 0.3) is 0 Å². The highest BCUT2D eigenvalue weighted by Gasteiger charge is 2.45. The lowest BCUT2D eigenvalue weighted by Gasteiger charge is -2.26. The Balaban J connectivity index is 2.55. The summed E-state index contributed by atoms with van der Waals surface area (Å²) >= 11 is 4.69. The van der Waals surface area contributed by atoms with Gasteiger partial charge in [0.1, 0.15) is 0 Å². The van der Waals surface area contributed by atoms with Crippen LogP contribution in [-0.4, -0.2) is 29.7 Å². The van der Waals surface area contributed by atoms with E-state index in [1.165, 1.54) is 0 Å². The summed E-state index contributed by atoms with van der Waals surface area (Å²) < 4.78 is 37.4. The monoisotopic (exact) mass is 187 g/mol. The summed E-state index contributed by atoms with van der Waals surface area (Å²) in [4.78, 5) is 0.782. The summed E-state index contributed by atoms with van der Waals surface area (Å²) in [7, 11) is 0. The molecule has 11 heavy (non-hydrogen) atoms. The lowest BCUT2D eigenvalue weighted by atomic mass is 10.4. The van der Waals surface area contributed by atoms with Gasteiger partial charge in [-0.25, -0.2) is 9.29 Å². The summed E-state index contributed by atoms with van der Waals surface area (Å²) in [5, 5.41) is 0. The molecule has 0 N–H and O–H groups in total.